The van der Waals surface area contributed by atoms with Gasteiger partial charge in [-0.15, -0.1) is 0 Å². The van der Waals surface area contributed by atoms with Crippen LogP contribution in [0.25, 0.3) is 0 Å². The van der Waals surface area contributed by atoms with Crippen LogP contribution in [0.1, 0.15) is 91.4 Å². The van der Waals surface area contributed by atoms with Crippen LogP contribution in [0.15, 0.2) is 11.6 Å². The van der Waals surface area contributed by atoms with Crippen LogP contribution in [0.5, 0.6) is 0 Å². The van der Waals surface area contributed by atoms with Crippen LogP contribution in [0.3, 0.4) is 0 Å². The molecule has 192 valence electrons. The first-order valence-corrected chi connectivity index (χ1v) is 13.2. The van der Waals surface area contributed by atoms with Crippen molar-refractivity contribution in [3.05, 3.63) is 11.6 Å². The minimum Gasteiger partial charge on any atom is -0.393 e. The average molecular weight is 471 g/mol. The average Bonchev–Trinajstić information content (AvgIpc) is 3.51. The molecule has 0 aromatic carbocycles. The van der Waals surface area contributed by atoms with E-state index in [1.54, 1.807) is 0 Å². The van der Waals surface area contributed by atoms with Gasteiger partial charge in [-0.05, 0) is 77.2 Å². The quantitative estimate of drug-likeness (QED) is 0.306. The number of rotatable bonds is 13. The molecule has 0 unspecified atom stereocenters. The number of aliphatic hydroxyl groups excluding tert-OH is 4. The van der Waals surface area contributed by atoms with E-state index in [4.69, 9.17) is 14.2 Å². The van der Waals surface area contributed by atoms with E-state index in [9.17, 15) is 20.4 Å². The summed E-state index contributed by atoms with van der Waals surface area (Å²) in [6.45, 7) is 6.12. The first-order valence-electron chi connectivity index (χ1n) is 13.2. The van der Waals surface area contributed by atoms with Gasteiger partial charge in [0.1, 0.15) is 0 Å². The Bertz CT molecular complexity index is 611. The molecule has 7 nitrogen and oxygen atoms in total. The van der Waals surface area contributed by atoms with Gasteiger partial charge in [0.2, 0.25) is 0 Å². The molecular weight excluding hydrogens is 424 g/mol. The summed E-state index contributed by atoms with van der Waals surface area (Å²) < 4.78 is 17.7. The summed E-state index contributed by atoms with van der Waals surface area (Å²) in [5.41, 5.74) is 1.15. The van der Waals surface area contributed by atoms with Gasteiger partial charge >= 0.3 is 0 Å². The van der Waals surface area contributed by atoms with E-state index in [0.717, 1.165) is 50.5 Å². The summed E-state index contributed by atoms with van der Waals surface area (Å²) in [6, 6.07) is 0. The zero-order valence-corrected chi connectivity index (χ0v) is 20.6. The van der Waals surface area contributed by atoms with Gasteiger partial charge < -0.3 is 34.6 Å². The van der Waals surface area contributed by atoms with Crippen molar-refractivity contribution in [3.63, 3.8) is 0 Å². The molecule has 3 aliphatic heterocycles. The fourth-order valence-corrected chi connectivity index (χ4v) is 5.54. The fraction of sp³-hybridized carbons (Fsp3) is 0.923. The van der Waals surface area contributed by atoms with Crippen LogP contribution in [0.4, 0.5) is 0 Å². The largest absolute Gasteiger partial charge is 0.393 e. The van der Waals surface area contributed by atoms with Gasteiger partial charge in [0.05, 0.1) is 61.0 Å². The molecule has 4 N–H and O–H groups in total. The second-order valence-corrected chi connectivity index (χ2v) is 10.4. The Kier molecular flexibility index (Phi) is 10.6. The molecule has 0 aliphatic carbocycles. The van der Waals surface area contributed by atoms with E-state index in [0.29, 0.717) is 25.7 Å². The Morgan fingerprint density at radius 1 is 0.818 bits per heavy atom. The van der Waals surface area contributed by atoms with Crippen molar-refractivity contribution < 1.29 is 34.6 Å². The predicted octanol–water partition coefficient (Wildman–Crippen LogP) is 3.01. The minimum absolute atomic E-state index is 0.0521. The molecule has 0 amide bonds. The van der Waals surface area contributed by atoms with Gasteiger partial charge in [-0.25, -0.2) is 0 Å². The Hall–Kier alpha value is -0.540. The van der Waals surface area contributed by atoms with Gasteiger partial charge in [-0.2, -0.15) is 0 Å². The van der Waals surface area contributed by atoms with E-state index in [1.165, 1.54) is 0 Å². The van der Waals surface area contributed by atoms with Crippen molar-refractivity contribution in [3.8, 4) is 0 Å². The maximum absolute atomic E-state index is 10.6. The molecule has 0 bridgehead atoms. The van der Waals surface area contributed by atoms with Crippen molar-refractivity contribution >= 4 is 0 Å². The SMILES string of the molecule is CCCC[C@H](O)[C@H]1CC[C@H]([C@H](O)CC[C@H](O)[C@@H]2CC[C@@H](C[C@@H](O)CC3=C[C@H](C)O[C@@H]3C)O2)O1. The lowest BCUT2D eigenvalue weighted by Gasteiger charge is -2.24. The van der Waals surface area contributed by atoms with Gasteiger partial charge in [-0.3, -0.25) is 0 Å². The van der Waals surface area contributed by atoms with E-state index >= 15 is 0 Å². The maximum atomic E-state index is 10.6. The van der Waals surface area contributed by atoms with Crippen LogP contribution in [-0.4, -0.2) is 81.5 Å². The van der Waals surface area contributed by atoms with Gasteiger partial charge in [0.15, 0.2) is 0 Å². The molecule has 3 aliphatic rings. The highest BCUT2D eigenvalue weighted by Gasteiger charge is 2.36. The molecule has 0 spiro atoms. The van der Waals surface area contributed by atoms with Crippen LogP contribution in [0.2, 0.25) is 0 Å². The normalized spacial score (nSPS) is 36.0. The second-order valence-electron chi connectivity index (χ2n) is 10.4. The zero-order valence-electron chi connectivity index (χ0n) is 20.6. The zero-order chi connectivity index (χ0) is 24.0. The second kappa shape index (κ2) is 13.0. The highest BCUT2D eigenvalue weighted by molar-refractivity contribution is 5.15. The topological polar surface area (TPSA) is 109 Å². The first kappa shape index (κ1) is 27.1. The summed E-state index contributed by atoms with van der Waals surface area (Å²) in [4.78, 5) is 0. The van der Waals surface area contributed by atoms with Gasteiger partial charge in [0, 0.05) is 0 Å². The van der Waals surface area contributed by atoms with Crippen molar-refractivity contribution in [2.24, 2.45) is 0 Å². The van der Waals surface area contributed by atoms with E-state index in [-0.39, 0.29) is 36.6 Å². The van der Waals surface area contributed by atoms with Crippen LogP contribution in [0, 0.1) is 0 Å². The van der Waals surface area contributed by atoms with E-state index in [1.807, 2.05) is 13.8 Å². The molecule has 2 fully saturated rings. The lowest BCUT2D eigenvalue weighted by atomic mass is 9.98. The Labute approximate surface area is 199 Å². The van der Waals surface area contributed by atoms with Crippen molar-refractivity contribution in [1.29, 1.82) is 0 Å². The minimum atomic E-state index is -0.645. The molecule has 3 heterocycles. The third-order valence-corrected chi connectivity index (χ3v) is 7.52. The molecule has 7 heteroatoms. The fourth-order valence-electron chi connectivity index (χ4n) is 5.54. The smallest absolute Gasteiger partial charge is 0.0840 e. The number of hydrogen-bond donors (Lipinski definition) is 4. The van der Waals surface area contributed by atoms with Crippen LogP contribution >= 0.6 is 0 Å². The Morgan fingerprint density at radius 3 is 1.97 bits per heavy atom. The lowest BCUT2D eigenvalue weighted by Crippen LogP contribution is -2.33. The highest BCUT2D eigenvalue weighted by Crippen LogP contribution is 2.31. The lowest BCUT2D eigenvalue weighted by molar-refractivity contribution is -0.0857. The highest BCUT2D eigenvalue weighted by atomic mass is 16.5. The summed E-state index contributed by atoms with van der Waals surface area (Å²) >= 11 is 0. The number of aliphatic hydroxyl groups is 4. The molecular formula is C26H46O7. The maximum Gasteiger partial charge on any atom is 0.0840 e. The van der Waals surface area contributed by atoms with Crippen LogP contribution in [-0.2, 0) is 14.2 Å². The van der Waals surface area contributed by atoms with Gasteiger partial charge in [-0.1, -0.05) is 25.8 Å². The summed E-state index contributed by atoms with van der Waals surface area (Å²) in [6.07, 6.45) is 7.16. The first-order chi connectivity index (χ1) is 15.8. The summed E-state index contributed by atoms with van der Waals surface area (Å²) in [7, 11) is 0. The summed E-state index contributed by atoms with van der Waals surface area (Å²) in [5, 5.41) is 41.9. The molecule has 10 atom stereocenters. The number of hydrogen-bond acceptors (Lipinski definition) is 7. The molecule has 2 saturated heterocycles. The van der Waals surface area contributed by atoms with Crippen molar-refractivity contribution in [1.82, 2.24) is 0 Å². The van der Waals surface area contributed by atoms with Crippen molar-refractivity contribution in [2.75, 3.05) is 0 Å². The molecule has 0 aromatic rings. The molecule has 3 rings (SSSR count). The number of unbranched alkanes of at least 4 members (excludes halogenated alkanes) is 1. The molecule has 33 heavy (non-hydrogen) atoms. The van der Waals surface area contributed by atoms with Crippen LogP contribution < -0.4 is 0 Å². The molecule has 0 radical (unpaired) electrons. The van der Waals surface area contributed by atoms with Gasteiger partial charge in [0.25, 0.3) is 0 Å². The predicted molar refractivity (Wildman–Crippen MR) is 126 cm³/mol. The Morgan fingerprint density at radius 2 is 1.39 bits per heavy atom. The van der Waals surface area contributed by atoms with E-state index in [2.05, 4.69) is 13.0 Å². The summed E-state index contributed by atoms with van der Waals surface area (Å²) in [5.74, 6) is 0. The molecule has 0 aromatic heterocycles. The monoisotopic (exact) mass is 470 g/mol. The third-order valence-electron chi connectivity index (χ3n) is 7.52. The number of ether oxygens (including phenoxy) is 3. The van der Waals surface area contributed by atoms with E-state index < -0.39 is 24.4 Å². The third kappa shape index (κ3) is 7.99. The standard InChI is InChI=1S/C26H46O7/c1-4-5-6-21(28)25-11-12-26(33-25)23(30)9-8-22(29)24-10-7-20(32-24)15-19(27)14-18-13-16(2)31-17(18)3/h13,16-17,19-30H,4-12,14-15H2,1-3H3/t16-,17+,19-,20-,21-,22-,23+,24-,25+,26+/m0/s1. The van der Waals surface area contributed by atoms with Crippen molar-refractivity contribution in [2.45, 2.75) is 152 Å². The Balaban J connectivity index is 1.33. The molecule has 0 saturated carbocycles.